The van der Waals surface area contributed by atoms with Crippen LogP contribution in [0.5, 0.6) is 0 Å². The first-order valence-electron chi connectivity index (χ1n) is 5.88. The molecule has 2 aliphatic rings. The average Bonchev–Trinajstić information content (AvgIpc) is 2.33. The second-order valence-corrected chi connectivity index (χ2v) is 4.07. The molecule has 1 saturated carbocycles. The van der Waals surface area contributed by atoms with Crippen LogP contribution in [0.4, 0.5) is 0 Å². The zero-order chi connectivity index (χ0) is 10.1. The molecule has 1 amide bonds. The molecular weight excluding hydrogens is 277 g/mol. The topological polar surface area (TPSA) is 53.8 Å². The Morgan fingerprint density at radius 2 is 1.38 bits per heavy atom. The Kier molecular flexibility index (Phi) is 16.1. The number of nitrogens with zero attached hydrogens (tertiary/aromatic N) is 1. The molecule has 1 heterocycles. The van der Waals surface area contributed by atoms with Gasteiger partial charge in [0.25, 0.3) is 0 Å². The van der Waals surface area contributed by atoms with Gasteiger partial charge in [0.1, 0.15) is 0 Å². The first kappa shape index (κ1) is 18.9. The number of amides is 1. The van der Waals surface area contributed by atoms with Crippen LogP contribution in [0.25, 0.3) is 6.15 Å². The van der Waals surface area contributed by atoms with Gasteiger partial charge in [-0.05, 0) is 25.9 Å². The molecule has 1 aliphatic carbocycles. The second kappa shape index (κ2) is 13.6. The van der Waals surface area contributed by atoms with Crippen LogP contribution >= 0.6 is 0 Å². The summed E-state index contributed by atoms with van der Waals surface area (Å²) in [6, 6.07) is 0. The third-order valence-corrected chi connectivity index (χ3v) is 2.80. The molecular formula is C12H23N2OY. The predicted octanol–water partition coefficient (Wildman–Crippen LogP) is 3.41. The van der Waals surface area contributed by atoms with Gasteiger partial charge in [0.15, 0.2) is 0 Å². The normalized spacial score (nSPS) is 19.4. The summed E-state index contributed by atoms with van der Waals surface area (Å²) in [6.07, 6.45) is 15.0. The minimum absolute atomic E-state index is 0. The van der Waals surface area contributed by atoms with Crippen LogP contribution in [0.1, 0.15) is 51.4 Å². The molecule has 1 aliphatic heterocycles. The number of likely N-dealkylation sites (tertiary alicyclic amines) is 1. The molecule has 0 aromatic rings. The molecule has 2 rings (SSSR count). The van der Waals surface area contributed by atoms with Crippen molar-refractivity contribution in [2.24, 2.45) is 0 Å². The van der Waals surface area contributed by atoms with Gasteiger partial charge in [0.2, 0.25) is 0 Å². The van der Waals surface area contributed by atoms with E-state index in [2.05, 4.69) is 6.42 Å². The van der Waals surface area contributed by atoms with E-state index in [0.29, 0.717) is 0 Å². The first-order valence-corrected chi connectivity index (χ1v) is 5.88. The molecule has 2 fully saturated rings. The van der Waals surface area contributed by atoms with Crippen molar-refractivity contribution in [1.82, 2.24) is 4.90 Å². The summed E-state index contributed by atoms with van der Waals surface area (Å²) >= 11 is 0. The second-order valence-electron chi connectivity index (χ2n) is 4.07. The van der Waals surface area contributed by atoms with Crippen LogP contribution in [-0.4, -0.2) is 24.4 Å². The molecule has 16 heavy (non-hydrogen) atoms. The van der Waals surface area contributed by atoms with E-state index in [1.54, 1.807) is 4.90 Å². The van der Waals surface area contributed by atoms with E-state index < -0.39 is 0 Å². The Balaban J connectivity index is 0. The number of hydrogen-bond donors (Lipinski definition) is 0. The van der Waals surface area contributed by atoms with E-state index in [1.807, 2.05) is 6.41 Å². The van der Waals surface area contributed by atoms with Gasteiger partial charge >= 0.3 is 32.7 Å². The molecule has 1 saturated heterocycles. The molecule has 2 N–H and O–H groups in total. The zero-order valence-electron chi connectivity index (χ0n) is 10.2. The Morgan fingerprint density at radius 3 is 1.62 bits per heavy atom. The van der Waals surface area contributed by atoms with Crippen molar-refractivity contribution >= 4 is 6.41 Å². The van der Waals surface area contributed by atoms with E-state index in [0.717, 1.165) is 25.9 Å². The summed E-state index contributed by atoms with van der Waals surface area (Å²) in [7, 11) is 0. The maximum atomic E-state index is 9.96. The van der Waals surface area contributed by atoms with Gasteiger partial charge in [-0.15, -0.1) is 0 Å². The Labute approximate surface area is 125 Å². The minimum atomic E-state index is 0. The van der Waals surface area contributed by atoms with Crippen LogP contribution in [0.2, 0.25) is 0 Å². The molecule has 3 nitrogen and oxygen atoms in total. The smallest absolute Gasteiger partial charge is 0.693 e. The monoisotopic (exact) mass is 300 g/mol. The molecule has 0 spiro atoms. The van der Waals surface area contributed by atoms with Crippen molar-refractivity contribution in [2.45, 2.75) is 51.4 Å². The molecule has 4 heteroatoms. The molecule has 0 aromatic carbocycles. The number of nitrogens with two attached hydrogens (primary N) is 1. The maximum absolute atomic E-state index is 9.96. The first-order chi connectivity index (χ1) is 6.93. The minimum Gasteiger partial charge on any atom is -0.693 e. The quantitative estimate of drug-likeness (QED) is 0.685. The summed E-state index contributed by atoms with van der Waals surface area (Å²) in [4.78, 5) is 11.7. The van der Waals surface area contributed by atoms with Crippen molar-refractivity contribution in [3.8, 4) is 0 Å². The molecule has 0 aromatic heterocycles. The molecule has 0 bridgehead atoms. The van der Waals surface area contributed by atoms with Crippen molar-refractivity contribution in [2.75, 3.05) is 13.1 Å². The van der Waals surface area contributed by atoms with Crippen LogP contribution in [-0.2, 0) is 37.5 Å². The van der Waals surface area contributed by atoms with E-state index in [-0.39, 0.29) is 38.9 Å². The molecule has 0 radical (unpaired) electrons. The van der Waals surface area contributed by atoms with Crippen molar-refractivity contribution in [3.63, 3.8) is 0 Å². The van der Waals surface area contributed by atoms with Gasteiger partial charge in [-0.25, -0.2) is 0 Å². The van der Waals surface area contributed by atoms with Gasteiger partial charge in [0, 0.05) is 0 Å². The van der Waals surface area contributed by atoms with Gasteiger partial charge in [0.05, 0.1) is 0 Å². The van der Waals surface area contributed by atoms with Gasteiger partial charge in [-0.1, -0.05) is 25.7 Å². The van der Waals surface area contributed by atoms with Crippen LogP contribution < -0.4 is 0 Å². The fourth-order valence-corrected chi connectivity index (χ4v) is 1.88. The third-order valence-electron chi connectivity index (χ3n) is 2.80. The fourth-order valence-electron chi connectivity index (χ4n) is 1.88. The third kappa shape index (κ3) is 9.74. The number of carbonyl (C=O) groups excluding carboxylic acids is 1. The van der Waals surface area contributed by atoms with Gasteiger partial charge in [-0.3, -0.25) is 0 Å². The summed E-state index contributed by atoms with van der Waals surface area (Å²) < 4.78 is 0. The van der Waals surface area contributed by atoms with Crippen LogP contribution in [0, 0.1) is 6.42 Å². The number of piperidine rings is 1. The van der Waals surface area contributed by atoms with E-state index in [4.69, 9.17) is 0 Å². The SMILES string of the molecule is O=[C-]N1CCCCC1.[CH-]1CCCCC1.[NH2-].[Y+3]. The van der Waals surface area contributed by atoms with Crippen molar-refractivity contribution in [1.29, 1.82) is 0 Å². The van der Waals surface area contributed by atoms with E-state index in [9.17, 15) is 4.79 Å². The largest absolute Gasteiger partial charge is 3.00 e. The predicted molar refractivity (Wildman–Crippen MR) is 63.8 cm³/mol. The molecule has 90 valence electrons. The maximum Gasteiger partial charge on any atom is 3.00 e. The fraction of sp³-hybridized carbons (Fsp3) is 0.833. The molecule has 0 atom stereocenters. The molecule has 0 unspecified atom stereocenters. The number of rotatable bonds is 1. The standard InChI is InChI=1S/C6H10NO.C6H11.H2N.Y/c8-6-7-4-2-1-3-5-7;1-2-4-6-5-3-1;;/h1-5H2;1H,2-6H2;1H2;/q3*-1;+3. The number of hydrogen-bond acceptors (Lipinski definition) is 1. The Bertz CT molecular complexity index is 134. The zero-order valence-corrected chi connectivity index (χ0v) is 13.0. The van der Waals surface area contributed by atoms with Crippen LogP contribution in [0.15, 0.2) is 0 Å². The van der Waals surface area contributed by atoms with E-state index in [1.165, 1.54) is 38.5 Å². The Hall–Kier alpha value is 0.534. The summed E-state index contributed by atoms with van der Waals surface area (Å²) in [5.74, 6) is 0. The summed E-state index contributed by atoms with van der Waals surface area (Å²) in [6.45, 7) is 1.84. The Morgan fingerprint density at radius 1 is 0.875 bits per heavy atom. The summed E-state index contributed by atoms with van der Waals surface area (Å²) in [5.41, 5.74) is 0. The van der Waals surface area contributed by atoms with Gasteiger partial charge < -0.3 is 22.3 Å². The van der Waals surface area contributed by atoms with Gasteiger partial charge in [-0.2, -0.15) is 19.3 Å². The van der Waals surface area contributed by atoms with E-state index >= 15 is 0 Å². The van der Waals surface area contributed by atoms with Crippen LogP contribution in [0.3, 0.4) is 0 Å². The average molecular weight is 300 g/mol. The van der Waals surface area contributed by atoms with Crippen molar-refractivity contribution < 1.29 is 37.5 Å². The van der Waals surface area contributed by atoms with Crippen molar-refractivity contribution in [3.05, 3.63) is 12.6 Å². The summed E-state index contributed by atoms with van der Waals surface area (Å²) in [5, 5.41) is 0.